The van der Waals surface area contributed by atoms with Crippen LogP contribution in [0.15, 0.2) is 29.4 Å². The van der Waals surface area contributed by atoms with Crippen molar-refractivity contribution in [2.75, 3.05) is 6.26 Å². The molecule has 0 N–H and O–H groups in total. The Balaban J connectivity index is 2.85. The number of ether oxygens (including phenoxy) is 1. The van der Waals surface area contributed by atoms with Crippen LogP contribution in [0.5, 0.6) is 0 Å². The minimum Gasteiger partial charge on any atom is -0.442 e. The van der Waals surface area contributed by atoms with Gasteiger partial charge in [-0.3, -0.25) is 4.98 Å². The summed E-state index contributed by atoms with van der Waals surface area (Å²) < 4.78 is 5.12. The Kier molecular flexibility index (Phi) is 4.69. The zero-order valence-electron chi connectivity index (χ0n) is 10.4. The van der Waals surface area contributed by atoms with Crippen molar-refractivity contribution in [2.24, 2.45) is 4.99 Å². The lowest BCUT2D eigenvalue weighted by Gasteiger charge is -2.17. The van der Waals surface area contributed by atoms with Gasteiger partial charge in [0.25, 0.3) is 0 Å². The summed E-state index contributed by atoms with van der Waals surface area (Å²) in [6, 6.07) is 5.47. The van der Waals surface area contributed by atoms with Crippen molar-refractivity contribution < 1.29 is 9.53 Å². The smallest absolute Gasteiger partial charge is 0.435 e. The summed E-state index contributed by atoms with van der Waals surface area (Å²) in [7, 11) is 0. The van der Waals surface area contributed by atoms with Crippen LogP contribution in [0, 0.1) is 0 Å². The Hall–Kier alpha value is -1.36. The van der Waals surface area contributed by atoms with E-state index in [0.717, 1.165) is 0 Å². The fourth-order valence-corrected chi connectivity index (χ4v) is 1.56. The molecular weight excluding hydrogens is 236 g/mol. The molecule has 0 atom stereocenters. The van der Waals surface area contributed by atoms with E-state index < -0.39 is 11.7 Å². The Morgan fingerprint density at radius 3 is 2.59 bits per heavy atom. The molecule has 0 unspecified atom stereocenters. The summed E-state index contributed by atoms with van der Waals surface area (Å²) in [6.45, 7) is 5.42. The summed E-state index contributed by atoms with van der Waals surface area (Å²) in [5.41, 5.74) is 0.139. The van der Waals surface area contributed by atoms with E-state index >= 15 is 0 Å². The summed E-state index contributed by atoms with van der Waals surface area (Å²) >= 11 is 1.36. The van der Waals surface area contributed by atoms with Gasteiger partial charge < -0.3 is 4.74 Å². The molecule has 1 aromatic rings. The van der Waals surface area contributed by atoms with Gasteiger partial charge in [0.05, 0.1) is 5.69 Å². The second-order valence-electron chi connectivity index (χ2n) is 4.32. The number of aromatic nitrogens is 1. The number of nitrogens with zero attached hydrogens (tertiary/aromatic N) is 2. The maximum Gasteiger partial charge on any atom is 0.435 e. The van der Waals surface area contributed by atoms with Gasteiger partial charge in [-0.15, -0.1) is 11.8 Å². The average molecular weight is 252 g/mol. The van der Waals surface area contributed by atoms with Crippen LogP contribution in [0.1, 0.15) is 26.5 Å². The highest BCUT2D eigenvalue weighted by Gasteiger charge is 2.16. The van der Waals surface area contributed by atoms with Gasteiger partial charge in [0.1, 0.15) is 10.6 Å². The maximum atomic E-state index is 11.6. The first-order chi connectivity index (χ1) is 7.92. The minimum atomic E-state index is -0.590. The van der Waals surface area contributed by atoms with E-state index in [9.17, 15) is 4.79 Å². The molecule has 0 aliphatic carbocycles. The van der Waals surface area contributed by atoms with Gasteiger partial charge in [0, 0.05) is 6.20 Å². The van der Waals surface area contributed by atoms with Gasteiger partial charge in [-0.1, -0.05) is 6.07 Å². The molecule has 0 fully saturated rings. The molecule has 1 heterocycles. The van der Waals surface area contributed by atoms with E-state index in [4.69, 9.17) is 4.74 Å². The molecule has 0 aliphatic rings. The fourth-order valence-electron chi connectivity index (χ4n) is 1.06. The first-order valence-electron chi connectivity index (χ1n) is 5.19. The maximum absolute atomic E-state index is 11.6. The van der Waals surface area contributed by atoms with Crippen molar-refractivity contribution in [3.05, 3.63) is 30.1 Å². The number of thioether (sulfide) groups is 1. The molecule has 0 radical (unpaired) electrons. The third-order valence-corrected chi connectivity index (χ3v) is 2.35. The molecular formula is C12H16N2O2S. The van der Waals surface area contributed by atoms with Gasteiger partial charge in [-0.25, -0.2) is 4.79 Å². The highest BCUT2D eigenvalue weighted by Crippen LogP contribution is 2.12. The lowest BCUT2D eigenvalue weighted by atomic mass is 10.2. The van der Waals surface area contributed by atoms with Gasteiger partial charge in [0.2, 0.25) is 0 Å². The second kappa shape index (κ2) is 5.82. The standard InChI is InChI=1S/C12H16N2O2S/c1-12(2,3)16-11(15)14-10(17-4)9-7-5-6-8-13-9/h5-8H,1-4H3. The van der Waals surface area contributed by atoms with Crippen LogP contribution in [0.2, 0.25) is 0 Å². The van der Waals surface area contributed by atoms with Gasteiger partial charge in [-0.2, -0.15) is 4.99 Å². The number of hydrogen-bond acceptors (Lipinski definition) is 4. The SMILES string of the molecule is CSC(=NC(=O)OC(C)(C)C)c1ccccn1. The van der Waals surface area contributed by atoms with Crippen LogP contribution < -0.4 is 0 Å². The lowest BCUT2D eigenvalue weighted by Crippen LogP contribution is -2.22. The number of amides is 1. The summed E-state index contributed by atoms with van der Waals surface area (Å²) in [5.74, 6) is 0. The number of carbonyl (C=O) groups excluding carboxylic acids is 1. The number of rotatable bonds is 1. The summed E-state index contributed by atoms with van der Waals surface area (Å²) in [5, 5.41) is 0.555. The summed E-state index contributed by atoms with van der Waals surface area (Å²) in [6.07, 6.45) is 2.92. The third-order valence-electron chi connectivity index (χ3n) is 1.66. The number of pyridine rings is 1. The predicted molar refractivity (Wildman–Crippen MR) is 70.5 cm³/mol. The fraction of sp³-hybridized carbons (Fsp3) is 0.417. The zero-order chi connectivity index (χ0) is 12.9. The Labute approximate surface area is 105 Å². The number of hydrogen-bond donors (Lipinski definition) is 0. The molecule has 17 heavy (non-hydrogen) atoms. The monoisotopic (exact) mass is 252 g/mol. The molecule has 0 saturated heterocycles. The molecule has 4 nitrogen and oxygen atoms in total. The average Bonchev–Trinajstić information content (AvgIpc) is 2.24. The predicted octanol–water partition coefficient (Wildman–Crippen LogP) is 3.13. The van der Waals surface area contributed by atoms with Crippen molar-refractivity contribution in [3.63, 3.8) is 0 Å². The highest BCUT2D eigenvalue weighted by atomic mass is 32.2. The number of aliphatic imine (C=N–C) groups is 1. The number of carbonyl (C=O) groups is 1. The van der Waals surface area contributed by atoms with E-state index in [1.165, 1.54) is 11.8 Å². The van der Waals surface area contributed by atoms with Gasteiger partial charge >= 0.3 is 6.09 Å². The molecule has 5 heteroatoms. The van der Waals surface area contributed by atoms with E-state index in [1.807, 2.05) is 18.4 Å². The molecule has 0 aromatic carbocycles. The van der Waals surface area contributed by atoms with Crippen molar-refractivity contribution >= 4 is 22.9 Å². The zero-order valence-corrected chi connectivity index (χ0v) is 11.2. The van der Waals surface area contributed by atoms with Crippen molar-refractivity contribution in [1.29, 1.82) is 0 Å². The molecule has 0 aliphatic heterocycles. The van der Waals surface area contributed by atoms with E-state index in [1.54, 1.807) is 33.0 Å². The first-order valence-corrected chi connectivity index (χ1v) is 6.42. The normalized spacial score (nSPS) is 12.4. The van der Waals surface area contributed by atoms with Gasteiger partial charge in [0.15, 0.2) is 0 Å². The Morgan fingerprint density at radius 1 is 1.41 bits per heavy atom. The van der Waals surface area contributed by atoms with Crippen LogP contribution in [0.4, 0.5) is 4.79 Å². The van der Waals surface area contributed by atoms with Crippen LogP contribution in [-0.4, -0.2) is 28.0 Å². The molecule has 0 bridgehead atoms. The van der Waals surface area contributed by atoms with Crippen LogP contribution in [0.3, 0.4) is 0 Å². The topological polar surface area (TPSA) is 51.5 Å². The Morgan fingerprint density at radius 2 is 2.12 bits per heavy atom. The van der Waals surface area contributed by atoms with Crippen LogP contribution in [0.25, 0.3) is 0 Å². The van der Waals surface area contributed by atoms with Crippen molar-refractivity contribution in [1.82, 2.24) is 4.98 Å². The summed E-state index contributed by atoms with van der Waals surface area (Å²) in [4.78, 5) is 19.6. The third kappa shape index (κ3) is 4.99. The molecule has 1 amide bonds. The molecule has 1 aromatic heterocycles. The molecule has 92 valence electrons. The molecule has 0 saturated carbocycles. The second-order valence-corrected chi connectivity index (χ2v) is 5.11. The van der Waals surface area contributed by atoms with E-state index in [2.05, 4.69) is 9.98 Å². The van der Waals surface area contributed by atoms with Crippen LogP contribution in [-0.2, 0) is 4.74 Å². The van der Waals surface area contributed by atoms with Gasteiger partial charge in [-0.05, 0) is 39.2 Å². The minimum absolute atomic E-state index is 0.534. The Bertz CT molecular complexity index is 410. The largest absolute Gasteiger partial charge is 0.442 e. The highest BCUT2D eigenvalue weighted by molar-refractivity contribution is 8.13. The first kappa shape index (κ1) is 13.7. The molecule has 0 spiro atoms. The molecule has 1 rings (SSSR count). The van der Waals surface area contributed by atoms with Crippen molar-refractivity contribution in [2.45, 2.75) is 26.4 Å². The van der Waals surface area contributed by atoms with Crippen LogP contribution >= 0.6 is 11.8 Å². The van der Waals surface area contributed by atoms with E-state index in [0.29, 0.717) is 10.7 Å². The van der Waals surface area contributed by atoms with Crippen molar-refractivity contribution in [3.8, 4) is 0 Å². The quantitative estimate of drug-likeness (QED) is 0.569. The lowest BCUT2D eigenvalue weighted by molar-refractivity contribution is 0.0605. The van der Waals surface area contributed by atoms with E-state index in [-0.39, 0.29) is 0 Å².